The summed E-state index contributed by atoms with van der Waals surface area (Å²) in [7, 11) is 0. The van der Waals surface area contributed by atoms with E-state index in [1.807, 2.05) is 31.2 Å². The van der Waals surface area contributed by atoms with Crippen LogP contribution in [0, 0.1) is 6.92 Å². The van der Waals surface area contributed by atoms with Crippen molar-refractivity contribution in [3.05, 3.63) is 53.6 Å². The van der Waals surface area contributed by atoms with Gasteiger partial charge in [-0.1, -0.05) is 35.9 Å². The quantitative estimate of drug-likeness (QED) is 0.922. The molecule has 0 aliphatic rings. The van der Waals surface area contributed by atoms with Gasteiger partial charge in [-0.3, -0.25) is 0 Å². The van der Waals surface area contributed by atoms with Gasteiger partial charge >= 0.3 is 6.36 Å². The van der Waals surface area contributed by atoms with Gasteiger partial charge in [-0.05, 0) is 30.2 Å². The molecular weight excluding hydrogens is 267 g/mol. The largest absolute Gasteiger partial charge is 0.573 e. The van der Waals surface area contributed by atoms with Gasteiger partial charge in [0.15, 0.2) is 0 Å². The van der Waals surface area contributed by atoms with E-state index in [2.05, 4.69) is 4.74 Å². The summed E-state index contributed by atoms with van der Waals surface area (Å²) in [5.41, 5.74) is 8.63. The Morgan fingerprint density at radius 2 is 1.75 bits per heavy atom. The third-order valence-corrected chi connectivity index (χ3v) is 2.86. The number of benzene rings is 2. The van der Waals surface area contributed by atoms with Crippen molar-refractivity contribution in [3.8, 4) is 16.9 Å². The fraction of sp³-hybridized carbons (Fsp3) is 0.200. The molecule has 20 heavy (non-hydrogen) atoms. The topological polar surface area (TPSA) is 35.2 Å². The third-order valence-electron chi connectivity index (χ3n) is 2.86. The molecular formula is C15H14F3NO. The maximum atomic E-state index is 12.3. The highest BCUT2D eigenvalue weighted by molar-refractivity contribution is 5.66. The molecule has 2 N–H and O–H groups in total. The van der Waals surface area contributed by atoms with E-state index in [0.29, 0.717) is 5.56 Å². The summed E-state index contributed by atoms with van der Waals surface area (Å²) in [4.78, 5) is 0. The molecule has 0 aliphatic heterocycles. The minimum atomic E-state index is -4.71. The standard InChI is InChI=1S/C15H14F3NO/c1-10-3-2-4-11(7-10)12-5-6-14(13(8-12)9-19)20-15(16,17)18/h2-8H,9,19H2,1H3. The van der Waals surface area contributed by atoms with Crippen LogP contribution >= 0.6 is 0 Å². The molecule has 0 saturated heterocycles. The predicted molar refractivity (Wildman–Crippen MR) is 71.2 cm³/mol. The monoisotopic (exact) mass is 281 g/mol. The molecule has 0 fully saturated rings. The number of aryl methyl sites for hydroxylation is 1. The summed E-state index contributed by atoms with van der Waals surface area (Å²) < 4.78 is 40.8. The summed E-state index contributed by atoms with van der Waals surface area (Å²) in [6.07, 6.45) is -4.71. The van der Waals surface area contributed by atoms with Crippen LogP contribution in [0.25, 0.3) is 11.1 Å². The molecule has 0 saturated carbocycles. The maximum Gasteiger partial charge on any atom is 0.573 e. The van der Waals surface area contributed by atoms with Crippen molar-refractivity contribution in [3.63, 3.8) is 0 Å². The zero-order valence-electron chi connectivity index (χ0n) is 10.9. The Hall–Kier alpha value is -2.01. The first-order chi connectivity index (χ1) is 9.39. The van der Waals surface area contributed by atoms with E-state index < -0.39 is 6.36 Å². The second-order valence-electron chi connectivity index (χ2n) is 4.44. The van der Waals surface area contributed by atoms with Crippen molar-refractivity contribution in [1.82, 2.24) is 0 Å². The summed E-state index contributed by atoms with van der Waals surface area (Å²) in [5, 5.41) is 0. The molecule has 0 atom stereocenters. The van der Waals surface area contributed by atoms with Crippen LogP contribution in [0.1, 0.15) is 11.1 Å². The molecule has 2 aromatic carbocycles. The van der Waals surface area contributed by atoms with E-state index in [0.717, 1.165) is 16.7 Å². The smallest absolute Gasteiger partial charge is 0.405 e. The lowest BCUT2D eigenvalue weighted by Crippen LogP contribution is -2.18. The molecule has 0 unspecified atom stereocenters. The number of halogens is 3. The Bertz CT molecular complexity index is 608. The highest BCUT2D eigenvalue weighted by Crippen LogP contribution is 2.30. The molecule has 2 aromatic rings. The molecule has 0 bridgehead atoms. The normalized spacial score (nSPS) is 11.4. The van der Waals surface area contributed by atoms with E-state index in [-0.39, 0.29) is 12.3 Å². The average Bonchev–Trinajstić information content (AvgIpc) is 2.37. The predicted octanol–water partition coefficient (Wildman–Crippen LogP) is 4.02. The molecule has 5 heteroatoms. The van der Waals surface area contributed by atoms with Gasteiger partial charge in [-0.2, -0.15) is 0 Å². The van der Waals surface area contributed by atoms with Crippen LogP contribution < -0.4 is 10.5 Å². The molecule has 0 heterocycles. The highest BCUT2D eigenvalue weighted by atomic mass is 19.4. The molecule has 0 radical (unpaired) electrons. The van der Waals surface area contributed by atoms with Crippen LogP contribution in [0.5, 0.6) is 5.75 Å². The van der Waals surface area contributed by atoms with Crippen LogP contribution in [0.4, 0.5) is 13.2 Å². The highest BCUT2D eigenvalue weighted by Gasteiger charge is 2.32. The van der Waals surface area contributed by atoms with Crippen LogP contribution in [0.2, 0.25) is 0 Å². The first-order valence-corrected chi connectivity index (χ1v) is 6.05. The lowest BCUT2D eigenvalue weighted by Gasteiger charge is -2.14. The van der Waals surface area contributed by atoms with Crippen LogP contribution in [-0.4, -0.2) is 6.36 Å². The minimum Gasteiger partial charge on any atom is -0.405 e. The van der Waals surface area contributed by atoms with Gasteiger partial charge in [0.1, 0.15) is 5.75 Å². The lowest BCUT2D eigenvalue weighted by atomic mass is 10.0. The molecule has 0 spiro atoms. The molecule has 2 rings (SSSR count). The van der Waals surface area contributed by atoms with E-state index in [1.165, 1.54) is 6.07 Å². The summed E-state index contributed by atoms with van der Waals surface area (Å²) in [5.74, 6) is -0.253. The van der Waals surface area contributed by atoms with Crippen molar-refractivity contribution in [2.45, 2.75) is 19.8 Å². The first kappa shape index (κ1) is 14.4. The first-order valence-electron chi connectivity index (χ1n) is 6.05. The molecule has 106 valence electrons. The number of hydrogen-bond acceptors (Lipinski definition) is 2. The van der Waals surface area contributed by atoms with E-state index in [9.17, 15) is 13.2 Å². The fourth-order valence-electron chi connectivity index (χ4n) is 1.97. The zero-order valence-corrected chi connectivity index (χ0v) is 10.9. The van der Waals surface area contributed by atoms with E-state index in [4.69, 9.17) is 5.73 Å². The van der Waals surface area contributed by atoms with Crippen molar-refractivity contribution >= 4 is 0 Å². The van der Waals surface area contributed by atoms with Gasteiger partial charge in [0.05, 0.1) is 0 Å². The number of nitrogens with two attached hydrogens (primary N) is 1. The van der Waals surface area contributed by atoms with E-state index in [1.54, 1.807) is 12.1 Å². The SMILES string of the molecule is Cc1cccc(-c2ccc(OC(F)(F)F)c(CN)c2)c1. The Balaban J connectivity index is 2.39. The van der Waals surface area contributed by atoms with Gasteiger partial charge in [0, 0.05) is 12.1 Å². The average molecular weight is 281 g/mol. The second-order valence-corrected chi connectivity index (χ2v) is 4.44. The lowest BCUT2D eigenvalue weighted by molar-refractivity contribution is -0.274. The summed E-state index contributed by atoms with van der Waals surface area (Å²) in [6.45, 7) is 1.93. The number of alkyl halides is 3. The molecule has 2 nitrogen and oxygen atoms in total. The molecule has 0 aromatic heterocycles. The maximum absolute atomic E-state index is 12.3. The molecule has 0 aliphatic carbocycles. The van der Waals surface area contributed by atoms with E-state index >= 15 is 0 Å². The Morgan fingerprint density at radius 1 is 1.05 bits per heavy atom. The Labute approximate surface area is 115 Å². The zero-order chi connectivity index (χ0) is 14.8. The van der Waals surface area contributed by atoms with Gasteiger partial charge < -0.3 is 10.5 Å². The van der Waals surface area contributed by atoms with Gasteiger partial charge in [0.2, 0.25) is 0 Å². The Kier molecular flexibility index (Phi) is 3.99. The van der Waals surface area contributed by atoms with Crippen LogP contribution in [0.3, 0.4) is 0 Å². The van der Waals surface area contributed by atoms with Crippen molar-refractivity contribution < 1.29 is 17.9 Å². The van der Waals surface area contributed by atoms with Gasteiger partial charge in [0.25, 0.3) is 0 Å². The fourth-order valence-corrected chi connectivity index (χ4v) is 1.97. The number of ether oxygens (including phenoxy) is 1. The van der Waals surface area contributed by atoms with Crippen molar-refractivity contribution in [1.29, 1.82) is 0 Å². The second kappa shape index (κ2) is 5.54. The number of hydrogen-bond donors (Lipinski definition) is 1. The van der Waals surface area contributed by atoms with Crippen LogP contribution in [0.15, 0.2) is 42.5 Å². The Morgan fingerprint density at radius 3 is 2.35 bits per heavy atom. The number of rotatable bonds is 3. The minimum absolute atomic E-state index is 0.0227. The molecule has 0 amide bonds. The van der Waals surface area contributed by atoms with Gasteiger partial charge in [-0.15, -0.1) is 13.2 Å². The van der Waals surface area contributed by atoms with Crippen molar-refractivity contribution in [2.24, 2.45) is 5.73 Å². The third kappa shape index (κ3) is 3.51. The van der Waals surface area contributed by atoms with Crippen LogP contribution in [-0.2, 0) is 6.54 Å². The van der Waals surface area contributed by atoms with Gasteiger partial charge in [-0.25, -0.2) is 0 Å². The summed E-state index contributed by atoms with van der Waals surface area (Å²) >= 11 is 0. The summed E-state index contributed by atoms with van der Waals surface area (Å²) in [6, 6.07) is 12.2. The van der Waals surface area contributed by atoms with Crippen molar-refractivity contribution in [2.75, 3.05) is 0 Å².